The highest BCUT2D eigenvalue weighted by atomic mass is 79.9. The van der Waals surface area contributed by atoms with Gasteiger partial charge in [-0.25, -0.2) is 0 Å². The number of methoxy groups -OCH3 is 1. The second-order valence-electron chi connectivity index (χ2n) is 8.31. The number of Topliss-reactive ketones (excluding diaryl/α,β-unsaturated/α-hetero) is 1. The SMILES string of the molecule is CCOc1cc(C2/C(=C(\O)c3ccc(Br)cc3)C(=O)C(=O)N2c2ccc(C)cc2C)ccc1OC. The number of hydrogen-bond acceptors (Lipinski definition) is 5. The quantitative estimate of drug-likeness (QED) is 0.234. The molecule has 1 fully saturated rings. The van der Waals surface area contributed by atoms with Crippen LogP contribution in [0.25, 0.3) is 5.76 Å². The molecule has 3 aromatic rings. The first-order valence-corrected chi connectivity index (χ1v) is 12.0. The number of hydrogen-bond donors (Lipinski definition) is 1. The molecule has 0 aliphatic carbocycles. The van der Waals surface area contributed by atoms with Crippen molar-refractivity contribution >= 4 is 39.1 Å². The van der Waals surface area contributed by atoms with Crippen molar-refractivity contribution in [2.24, 2.45) is 0 Å². The summed E-state index contributed by atoms with van der Waals surface area (Å²) in [4.78, 5) is 28.3. The summed E-state index contributed by atoms with van der Waals surface area (Å²) in [5.74, 6) is -0.658. The zero-order chi connectivity index (χ0) is 25.3. The van der Waals surface area contributed by atoms with Crippen LogP contribution in [-0.2, 0) is 9.59 Å². The predicted molar refractivity (Wildman–Crippen MR) is 139 cm³/mol. The number of benzene rings is 3. The van der Waals surface area contributed by atoms with Crippen LogP contribution in [0.5, 0.6) is 11.5 Å². The molecule has 0 aromatic heterocycles. The first kappa shape index (κ1) is 24.5. The average Bonchev–Trinajstić information content (AvgIpc) is 3.10. The third-order valence-corrected chi connectivity index (χ3v) is 6.51. The summed E-state index contributed by atoms with van der Waals surface area (Å²) in [6.45, 7) is 6.14. The van der Waals surface area contributed by atoms with E-state index in [2.05, 4.69) is 15.9 Å². The third kappa shape index (κ3) is 4.56. The highest BCUT2D eigenvalue weighted by Crippen LogP contribution is 2.45. The van der Waals surface area contributed by atoms with Gasteiger partial charge in [0.25, 0.3) is 11.7 Å². The molecule has 180 valence electrons. The molecule has 35 heavy (non-hydrogen) atoms. The number of halogens is 1. The van der Waals surface area contributed by atoms with Crippen LogP contribution in [-0.4, -0.2) is 30.5 Å². The van der Waals surface area contributed by atoms with Crippen LogP contribution in [0.4, 0.5) is 5.69 Å². The fraction of sp³-hybridized carbons (Fsp3) is 0.214. The van der Waals surface area contributed by atoms with E-state index >= 15 is 0 Å². The Kier molecular flexibility index (Phi) is 6.98. The van der Waals surface area contributed by atoms with Gasteiger partial charge in [0.1, 0.15) is 5.76 Å². The second kappa shape index (κ2) is 9.96. The molecule has 1 amide bonds. The van der Waals surface area contributed by atoms with Crippen LogP contribution in [0.1, 0.15) is 35.2 Å². The largest absolute Gasteiger partial charge is 0.507 e. The van der Waals surface area contributed by atoms with E-state index in [0.29, 0.717) is 34.9 Å². The Morgan fingerprint density at radius 3 is 2.34 bits per heavy atom. The maximum Gasteiger partial charge on any atom is 0.300 e. The molecule has 1 aliphatic heterocycles. The third-order valence-electron chi connectivity index (χ3n) is 5.98. The van der Waals surface area contributed by atoms with E-state index in [0.717, 1.165) is 15.6 Å². The Hall–Kier alpha value is -3.58. The first-order valence-electron chi connectivity index (χ1n) is 11.2. The second-order valence-corrected chi connectivity index (χ2v) is 9.22. The summed E-state index contributed by atoms with van der Waals surface area (Å²) in [6.07, 6.45) is 0. The number of carbonyl (C=O) groups is 2. The summed E-state index contributed by atoms with van der Waals surface area (Å²) in [7, 11) is 1.55. The Labute approximate surface area is 212 Å². The molecule has 7 heteroatoms. The van der Waals surface area contributed by atoms with Gasteiger partial charge in [-0.05, 0) is 62.2 Å². The Morgan fingerprint density at radius 2 is 1.71 bits per heavy atom. The van der Waals surface area contributed by atoms with E-state index in [1.807, 2.05) is 39.0 Å². The Morgan fingerprint density at radius 1 is 1.00 bits per heavy atom. The van der Waals surface area contributed by atoms with Gasteiger partial charge < -0.3 is 14.6 Å². The molecule has 1 unspecified atom stereocenters. The number of aryl methyl sites for hydroxylation is 2. The van der Waals surface area contributed by atoms with Gasteiger partial charge in [-0.2, -0.15) is 0 Å². The number of anilines is 1. The van der Waals surface area contributed by atoms with Crippen molar-refractivity contribution in [2.45, 2.75) is 26.8 Å². The van der Waals surface area contributed by atoms with E-state index in [1.54, 1.807) is 49.6 Å². The number of aliphatic hydroxyl groups is 1. The highest BCUT2D eigenvalue weighted by Gasteiger charge is 2.47. The van der Waals surface area contributed by atoms with E-state index < -0.39 is 17.7 Å². The molecule has 0 spiro atoms. The highest BCUT2D eigenvalue weighted by molar-refractivity contribution is 9.10. The van der Waals surface area contributed by atoms with Gasteiger partial charge in [-0.15, -0.1) is 0 Å². The molecule has 0 bridgehead atoms. The van der Waals surface area contributed by atoms with E-state index in [1.165, 1.54) is 4.90 Å². The number of carbonyl (C=O) groups excluding carboxylic acids is 2. The maximum absolute atomic E-state index is 13.4. The van der Waals surface area contributed by atoms with Crippen molar-refractivity contribution in [1.29, 1.82) is 0 Å². The van der Waals surface area contributed by atoms with Crippen LogP contribution in [0.3, 0.4) is 0 Å². The number of ketones is 1. The average molecular weight is 536 g/mol. The van der Waals surface area contributed by atoms with Crippen molar-refractivity contribution < 1.29 is 24.2 Å². The van der Waals surface area contributed by atoms with Crippen molar-refractivity contribution in [3.05, 3.63) is 93.0 Å². The van der Waals surface area contributed by atoms with Crippen LogP contribution in [0.15, 0.2) is 70.7 Å². The lowest BCUT2D eigenvalue weighted by Gasteiger charge is -2.27. The number of ether oxygens (including phenoxy) is 2. The monoisotopic (exact) mass is 535 g/mol. The van der Waals surface area contributed by atoms with Crippen molar-refractivity contribution in [2.75, 3.05) is 18.6 Å². The minimum absolute atomic E-state index is 0.0184. The summed E-state index contributed by atoms with van der Waals surface area (Å²) >= 11 is 3.39. The number of amides is 1. The van der Waals surface area contributed by atoms with Gasteiger partial charge in [-0.3, -0.25) is 14.5 Å². The fourth-order valence-corrected chi connectivity index (χ4v) is 4.63. The normalized spacial score (nSPS) is 17.1. The molecule has 0 radical (unpaired) electrons. The van der Waals surface area contributed by atoms with E-state index in [4.69, 9.17) is 9.47 Å². The molecule has 1 heterocycles. The lowest BCUT2D eigenvalue weighted by molar-refractivity contribution is -0.132. The van der Waals surface area contributed by atoms with Gasteiger partial charge in [0.15, 0.2) is 11.5 Å². The van der Waals surface area contributed by atoms with Crippen molar-refractivity contribution in [1.82, 2.24) is 0 Å². The van der Waals surface area contributed by atoms with Crippen LogP contribution in [0.2, 0.25) is 0 Å². The van der Waals surface area contributed by atoms with Crippen LogP contribution in [0, 0.1) is 13.8 Å². The molecule has 3 aromatic carbocycles. The number of rotatable bonds is 6. The number of aliphatic hydroxyl groups excluding tert-OH is 1. The Balaban J connectivity index is 1.98. The molecule has 6 nitrogen and oxygen atoms in total. The zero-order valence-corrected chi connectivity index (χ0v) is 21.5. The van der Waals surface area contributed by atoms with Gasteiger partial charge in [0.05, 0.1) is 25.3 Å². The predicted octanol–water partition coefficient (Wildman–Crippen LogP) is 6.10. The molecule has 0 saturated carbocycles. The van der Waals surface area contributed by atoms with Crippen LogP contribution >= 0.6 is 15.9 Å². The fourth-order valence-electron chi connectivity index (χ4n) is 4.37. The van der Waals surface area contributed by atoms with Gasteiger partial charge >= 0.3 is 0 Å². The van der Waals surface area contributed by atoms with E-state index in [9.17, 15) is 14.7 Å². The van der Waals surface area contributed by atoms with Crippen LogP contribution < -0.4 is 14.4 Å². The molecule has 1 atom stereocenters. The van der Waals surface area contributed by atoms with Gasteiger partial charge in [0.2, 0.25) is 0 Å². The molecule has 1 N–H and O–H groups in total. The molecule has 4 rings (SSSR count). The minimum Gasteiger partial charge on any atom is -0.507 e. The summed E-state index contributed by atoms with van der Waals surface area (Å²) in [6, 6.07) is 17.0. The van der Waals surface area contributed by atoms with Gasteiger partial charge in [-0.1, -0.05) is 51.8 Å². The summed E-state index contributed by atoms with van der Waals surface area (Å²) in [5.41, 5.74) is 3.56. The topological polar surface area (TPSA) is 76.1 Å². The maximum atomic E-state index is 13.4. The molecular formula is C28H26BrNO5. The standard InChI is InChI=1S/C28H26BrNO5/c1-5-35-23-15-19(9-13-22(23)34-4)25-24(26(31)18-7-10-20(29)11-8-18)27(32)28(33)30(25)21-12-6-16(2)14-17(21)3/h6-15,25,31H,5H2,1-4H3/b26-24+. The van der Waals surface area contributed by atoms with Crippen molar-refractivity contribution in [3.8, 4) is 11.5 Å². The molecule has 1 saturated heterocycles. The van der Waals surface area contributed by atoms with Gasteiger partial charge in [0, 0.05) is 15.7 Å². The zero-order valence-electron chi connectivity index (χ0n) is 20.0. The van der Waals surface area contributed by atoms with Crippen molar-refractivity contribution in [3.63, 3.8) is 0 Å². The summed E-state index contributed by atoms with van der Waals surface area (Å²) in [5, 5.41) is 11.3. The lowest BCUT2D eigenvalue weighted by Crippen LogP contribution is -2.30. The molecule has 1 aliphatic rings. The Bertz CT molecular complexity index is 1330. The first-order chi connectivity index (χ1) is 16.8. The summed E-state index contributed by atoms with van der Waals surface area (Å²) < 4.78 is 12.0. The molecular weight excluding hydrogens is 510 g/mol. The van der Waals surface area contributed by atoms with E-state index in [-0.39, 0.29) is 11.3 Å². The lowest BCUT2D eigenvalue weighted by atomic mass is 9.94. The number of nitrogens with zero attached hydrogens (tertiary/aromatic N) is 1. The minimum atomic E-state index is -0.856. The smallest absolute Gasteiger partial charge is 0.300 e.